The summed E-state index contributed by atoms with van der Waals surface area (Å²) >= 11 is 1.75. The van der Waals surface area contributed by atoms with Crippen LogP contribution in [-0.2, 0) is 6.54 Å². The van der Waals surface area contributed by atoms with Gasteiger partial charge < -0.3 is 10.2 Å². The van der Waals surface area contributed by atoms with E-state index < -0.39 is 0 Å². The molecule has 1 N–H and O–H groups in total. The molecule has 0 spiro atoms. The lowest BCUT2D eigenvalue weighted by molar-refractivity contribution is 0.273. The smallest absolute Gasteiger partial charge is 0.193 e. The largest absolute Gasteiger partial charge is 0.351 e. The zero-order chi connectivity index (χ0) is 14.5. The second-order valence-corrected chi connectivity index (χ2v) is 6.79. The second-order valence-electron chi connectivity index (χ2n) is 5.90. The van der Waals surface area contributed by atoms with E-state index in [0.29, 0.717) is 5.92 Å². The summed E-state index contributed by atoms with van der Waals surface area (Å²) in [6.07, 6.45) is 2.52. The summed E-state index contributed by atoms with van der Waals surface area (Å²) in [6, 6.07) is 0. The predicted molar refractivity (Wildman–Crippen MR) is 86.4 cm³/mol. The lowest BCUT2D eigenvalue weighted by atomic mass is 10.00. The molecule has 1 fully saturated rings. The average molecular weight is 294 g/mol. The zero-order valence-electron chi connectivity index (χ0n) is 13.0. The molecular weight excluding hydrogens is 268 g/mol. The van der Waals surface area contributed by atoms with Crippen LogP contribution in [-0.4, -0.2) is 36.0 Å². The lowest BCUT2D eigenvalue weighted by Crippen LogP contribution is -2.45. The van der Waals surface area contributed by atoms with E-state index in [0.717, 1.165) is 37.2 Å². The van der Waals surface area contributed by atoms with Crippen molar-refractivity contribution in [2.75, 3.05) is 20.1 Å². The minimum atomic E-state index is 0.511. The molecule has 5 heteroatoms. The van der Waals surface area contributed by atoms with Crippen molar-refractivity contribution in [1.82, 2.24) is 15.2 Å². The van der Waals surface area contributed by atoms with Gasteiger partial charge >= 0.3 is 0 Å². The van der Waals surface area contributed by atoms with Gasteiger partial charge in [0.2, 0.25) is 0 Å². The fourth-order valence-corrected chi connectivity index (χ4v) is 3.23. The van der Waals surface area contributed by atoms with Crippen molar-refractivity contribution in [3.8, 4) is 0 Å². The lowest BCUT2D eigenvalue weighted by Gasteiger charge is -2.32. The number of nitrogens with zero attached hydrogens (tertiary/aromatic N) is 3. The fourth-order valence-electron chi connectivity index (χ4n) is 2.39. The Hall–Kier alpha value is -1.10. The number of hydrogen-bond acceptors (Lipinski definition) is 3. The van der Waals surface area contributed by atoms with Crippen molar-refractivity contribution in [1.29, 1.82) is 0 Å². The van der Waals surface area contributed by atoms with Crippen molar-refractivity contribution in [3.05, 3.63) is 16.1 Å². The molecule has 20 heavy (non-hydrogen) atoms. The molecule has 2 heterocycles. The van der Waals surface area contributed by atoms with Gasteiger partial charge in [0.1, 0.15) is 0 Å². The SMILES string of the molecule is CN=C(NCc1csc(C(C)C)n1)N1CCC(C)CC1. The maximum Gasteiger partial charge on any atom is 0.193 e. The average Bonchev–Trinajstić information content (AvgIpc) is 2.90. The van der Waals surface area contributed by atoms with Crippen molar-refractivity contribution in [3.63, 3.8) is 0 Å². The van der Waals surface area contributed by atoms with E-state index in [4.69, 9.17) is 0 Å². The van der Waals surface area contributed by atoms with Gasteiger partial charge in [0.05, 0.1) is 17.2 Å². The highest BCUT2D eigenvalue weighted by molar-refractivity contribution is 7.09. The molecule has 1 saturated heterocycles. The van der Waals surface area contributed by atoms with Crippen molar-refractivity contribution < 1.29 is 0 Å². The van der Waals surface area contributed by atoms with Crippen molar-refractivity contribution in [2.45, 2.75) is 46.1 Å². The highest BCUT2D eigenvalue weighted by Gasteiger charge is 2.18. The monoisotopic (exact) mass is 294 g/mol. The van der Waals surface area contributed by atoms with E-state index in [-0.39, 0.29) is 0 Å². The topological polar surface area (TPSA) is 40.5 Å². The third-order valence-corrected chi connectivity index (χ3v) is 4.98. The molecule has 0 aliphatic carbocycles. The van der Waals surface area contributed by atoms with Crippen LogP contribution in [0.3, 0.4) is 0 Å². The van der Waals surface area contributed by atoms with Gasteiger partial charge in [0.15, 0.2) is 5.96 Å². The number of guanidine groups is 1. The van der Waals surface area contributed by atoms with Crippen LogP contribution in [0, 0.1) is 5.92 Å². The first-order valence-electron chi connectivity index (χ1n) is 7.50. The van der Waals surface area contributed by atoms with E-state index in [2.05, 4.69) is 46.3 Å². The summed E-state index contributed by atoms with van der Waals surface area (Å²) in [5, 5.41) is 6.80. The number of hydrogen-bond donors (Lipinski definition) is 1. The summed E-state index contributed by atoms with van der Waals surface area (Å²) in [5.41, 5.74) is 1.12. The first-order chi connectivity index (χ1) is 9.60. The van der Waals surface area contributed by atoms with E-state index in [9.17, 15) is 0 Å². The minimum Gasteiger partial charge on any atom is -0.351 e. The molecule has 0 amide bonds. The standard InChI is InChI=1S/C15H26N4S/c1-11(2)14-18-13(10-20-14)9-17-15(16-4)19-7-5-12(3)6-8-19/h10-12H,5-9H2,1-4H3,(H,16,17). The first-order valence-corrected chi connectivity index (χ1v) is 8.38. The van der Waals surface area contributed by atoms with Crippen LogP contribution in [0.5, 0.6) is 0 Å². The van der Waals surface area contributed by atoms with Crippen LogP contribution in [0.25, 0.3) is 0 Å². The summed E-state index contributed by atoms with van der Waals surface area (Å²) < 4.78 is 0. The summed E-state index contributed by atoms with van der Waals surface area (Å²) in [5.74, 6) is 2.36. The first kappa shape index (κ1) is 15.3. The van der Waals surface area contributed by atoms with Crippen molar-refractivity contribution in [2.24, 2.45) is 10.9 Å². The quantitative estimate of drug-likeness (QED) is 0.688. The summed E-state index contributed by atoms with van der Waals surface area (Å²) in [7, 11) is 1.86. The molecule has 0 saturated carbocycles. The number of piperidine rings is 1. The molecule has 1 aromatic rings. The predicted octanol–water partition coefficient (Wildman–Crippen LogP) is 3.07. The second kappa shape index (κ2) is 7.07. The highest BCUT2D eigenvalue weighted by atomic mass is 32.1. The molecule has 2 rings (SSSR count). The Morgan fingerprint density at radius 2 is 2.20 bits per heavy atom. The molecular formula is C15H26N4S. The maximum absolute atomic E-state index is 4.66. The number of rotatable bonds is 3. The van der Waals surface area contributed by atoms with E-state index in [1.54, 1.807) is 11.3 Å². The minimum absolute atomic E-state index is 0.511. The van der Waals surface area contributed by atoms with Gasteiger partial charge in [0.25, 0.3) is 0 Å². The van der Waals surface area contributed by atoms with Gasteiger partial charge in [-0.3, -0.25) is 4.99 Å². The molecule has 0 aromatic carbocycles. The molecule has 1 aliphatic heterocycles. The normalized spacial score (nSPS) is 17.9. The third-order valence-electron chi connectivity index (χ3n) is 3.79. The molecule has 112 valence electrons. The molecule has 4 nitrogen and oxygen atoms in total. The number of aliphatic imine (C=N–C) groups is 1. The van der Waals surface area contributed by atoms with Crippen LogP contribution in [0.1, 0.15) is 50.2 Å². The number of likely N-dealkylation sites (tertiary alicyclic amines) is 1. The molecule has 0 atom stereocenters. The molecule has 0 unspecified atom stereocenters. The summed E-state index contributed by atoms with van der Waals surface area (Å²) in [4.78, 5) is 11.4. The molecule has 1 aromatic heterocycles. The Balaban J connectivity index is 1.87. The van der Waals surface area contributed by atoms with Gasteiger partial charge in [0, 0.05) is 31.4 Å². The Kier molecular flexibility index (Phi) is 5.40. The zero-order valence-corrected chi connectivity index (χ0v) is 13.8. The molecule has 0 radical (unpaired) electrons. The third kappa shape index (κ3) is 3.95. The van der Waals surface area contributed by atoms with Crippen LogP contribution in [0.2, 0.25) is 0 Å². The Bertz CT molecular complexity index is 444. The van der Waals surface area contributed by atoms with Crippen molar-refractivity contribution >= 4 is 17.3 Å². The number of thiazole rings is 1. The van der Waals surface area contributed by atoms with Gasteiger partial charge in [-0.2, -0.15) is 0 Å². The van der Waals surface area contributed by atoms with E-state index >= 15 is 0 Å². The van der Waals surface area contributed by atoms with Gasteiger partial charge in [-0.25, -0.2) is 4.98 Å². The Labute approximate surface area is 126 Å². The van der Waals surface area contributed by atoms with Crippen LogP contribution < -0.4 is 5.32 Å². The number of aromatic nitrogens is 1. The van der Waals surface area contributed by atoms with Crippen LogP contribution >= 0.6 is 11.3 Å². The van der Waals surface area contributed by atoms with Crippen LogP contribution in [0.4, 0.5) is 0 Å². The Morgan fingerprint density at radius 3 is 2.75 bits per heavy atom. The van der Waals surface area contributed by atoms with Crippen LogP contribution in [0.15, 0.2) is 10.4 Å². The Morgan fingerprint density at radius 1 is 1.50 bits per heavy atom. The molecule has 1 aliphatic rings. The number of nitrogens with one attached hydrogen (secondary N) is 1. The van der Waals surface area contributed by atoms with E-state index in [1.807, 2.05) is 7.05 Å². The van der Waals surface area contributed by atoms with Gasteiger partial charge in [-0.1, -0.05) is 20.8 Å². The molecule has 0 bridgehead atoms. The highest BCUT2D eigenvalue weighted by Crippen LogP contribution is 2.19. The fraction of sp³-hybridized carbons (Fsp3) is 0.733. The summed E-state index contributed by atoms with van der Waals surface area (Å²) in [6.45, 7) is 9.68. The van der Waals surface area contributed by atoms with Gasteiger partial charge in [-0.15, -0.1) is 11.3 Å². The maximum atomic E-state index is 4.66. The van der Waals surface area contributed by atoms with Gasteiger partial charge in [-0.05, 0) is 18.8 Å². The van der Waals surface area contributed by atoms with E-state index in [1.165, 1.54) is 17.8 Å².